The summed E-state index contributed by atoms with van der Waals surface area (Å²) >= 11 is 0. The lowest BCUT2D eigenvalue weighted by Gasteiger charge is -2.28. The van der Waals surface area contributed by atoms with Crippen molar-refractivity contribution in [2.24, 2.45) is 0 Å². The second-order valence-electron chi connectivity index (χ2n) is 3.84. The Hall–Kier alpha value is -1.35. The number of rotatable bonds is 3. The largest absolute Gasteiger partial charge is 0.347 e. The van der Waals surface area contributed by atoms with Crippen LogP contribution in [0.5, 0.6) is 0 Å². The molecule has 1 amide bonds. The summed E-state index contributed by atoms with van der Waals surface area (Å²) in [6.07, 6.45) is 0.895. The Bertz CT molecular complexity index is 358. The van der Waals surface area contributed by atoms with Gasteiger partial charge in [-0.05, 0) is 18.1 Å². The van der Waals surface area contributed by atoms with E-state index in [-0.39, 0.29) is 5.91 Å². The lowest BCUT2D eigenvalue weighted by atomic mass is 10.0. The van der Waals surface area contributed by atoms with Crippen LogP contribution in [0.15, 0.2) is 24.3 Å². The van der Waals surface area contributed by atoms with Gasteiger partial charge < -0.3 is 10.6 Å². The average Bonchev–Trinajstić information content (AvgIpc) is 2.23. The van der Waals surface area contributed by atoms with Gasteiger partial charge in [-0.3, -0.25) is 4.79 Å². The fourth-order valence-electron chi connectivity index (χ4n) is 1.70. The molecule has 2 rings (SSSR count). The van der Waals surface area contributed by atoms with Crippen molar-refractivity contribution >= 4 is 5.91 Å². The maximum atomic E-state index is 11.9. The quantitative estimate of drug-likeness (QED) is 0.769. The van der Waals surface area contributed by atoms with Crippen molar-refractivity contribution in [1.29, 1.82) is 0 Å². The number of benzene rings is 1. The van der Waals surface area contributed by atoms with Gasteiger partial charge >= 0.3 is 0 Å². The zero-order chi connectivity index (χ0) is 10.7. The molecule has 3 heteroatoms. The average molecular weight is 204 g/mol. The van der Waals surface area contributed by atoms with Gasteiger partial charge in [0, 0.05) is 18.7 Å². The molecule has 0 saturated carbocycles. The van der Waals surface area contributed by atoms with Crippen molar-refractivity contribution in [2.45, 2.75) is 19.4 Å². The first-order chi connectivity index (χ1) is 7.31. The molecule has 1 aromatic carbocycles. The fraction of sp³-hybridized carbons (Fsp3) is 0.417. The molecule has 15 heavy (non-hydrogen) atoms. The van der Waals surface area contributed by atoms with E-state index >= 15 is 0 Å². The molecule has 0 bridgehead atoms. The topological polar surface area (TPSA) is 41.1 Å². The van der Waals surface area contributed by atoms with Gasteiger partial charge in [0.2, 0.25) is 0 Å². The summed E-state index contributed by atoms with van der Waals surface area (Å²) in [6, 6.07) is 8.09. The van der Waals surface area contributed by atoms with E-state index in [4.69, 9.17) is 0 Å². The number of aryl methyl sites for hydroxylation is 1. The van der Waals surface area contributed by atoms with Gasteiger partial charge in [0.1, 0.15) is 0 Å². The minimum Gasteiger partial charge on any atom is -0.347 e. The highest BCUT2D eigenvalue weighted by molar-refractivity contribution is 5.95. The molecule has 1 aromatic rings. The van der Waals surface area contributed by atoms with E-state index < -0.39 is 0 Å². The second kappa shape index (κ2) is 4.45. The minimum absolute atomic E-state index is 0.0546. The van der Waals surface area contributed by atoms with Crippen LogP contribution in [-0.4, -0.2) is 25.0 Å². The van der Waals surface area contributed by atoms with E-state index in [1.54, 1.807) is 0 Å². The highest BCUT2D eigenvalue weighted by Crippen LogP contribution is 2.09. The monoisotopic (exact) mass is 204 g/mol. The second-order valence-corrected chi connectivity index (χ2v) is 3.84. The molecule has 0 atom stereocenters. The molecule has 1 heterocycles. The van der Waals surface area contributed by atoms with Gasteiger partial charge in [-0.1, -0.05) is 25.1 Å². The smallest absolute Gasteiger partial charge is 0.251 e. The zero-order valence-corrected chi connectivity index (χ0v) is 8.92. The number of carbonyl (C=O) groups is 1. The highest BCUT2D eigenvalue weighted by Gasteiger charge is 2.20. The molecule has 2 N–H and O–H groups in total. The van der Waals surface area contributed by atoms with Crippen molar-refractivity contribution < 1.29 is 4.79 Å². The Morgan fingerprint density at radius 3 is 2.80 bits per heavy atom. The third kappa shape index (κ3) is 2.18. The highest BCUT2D eigenvalue weighted by atomic mass is 16.1. The van der Waals surface area contributed by atoms with Crippen LogP contribution < -0.4 is 10.6 Å². The summed E-state index contributed by atoms with van der Waals surface area (Å²) in [5, 5.41) is 6.14. The van der Waals surface area contributed by atoms with Gasteiger partial charge in [-0.25, -0.2) is 0 Å². The molecule has 0 aromatic heterocycles. The lowest BCUT2D eigenvalue weighted by molar-refractivity contribution is 0.0923. The van der Waals surface area contributed by atoms with Crippen LogP contribution >= 0.6 is 0 Å². The van der Waals surface area contributed by atoms with Crippen LogP contribution in [0, 0.1) is 0 Å². The van der Waals surface area contributed by atoms with Crippen molar-refractivity contribution in [2.75, 3.05) is 13.1 Å². The molecule has 1 saturated heterocycles. The predicted octanol–water partition coefficient (Wildman–Crippen LogP) is 0.951. The number of hydrogen-bond donors (Lipinski definition) is 2. The number of amides is 1. The maximum Gasteiger partial charge on any atom is 0.251 e. The van der Waals surface area contributed by atoms with Crippen molar-refractivity contribution in [3.8, 4) is 0 Å². The normalized spacial score (nSPS) is 15.8. The molecule has 0 spiro atoms. The van der Waals surface area contributed by atoms with Gasteiger partial charge in [0.05, 0.1) is 6.04 Å². The first kappa shape index (κ1) is 10.2. The third-order valence-electron chi connectivity index (χ3n) is 2.76. The van der Waals surface area contributed by atoms with Crippen LogP contribution in [0.4, 0.5) is 0 Å². The summed E-state index contributed by atoms with van der Waals surface area (Å²) in [7, 11) is 0. The Balaban J connectivity index is 2.09. The standard InChI is InChI=1S/C12H16N2O/c1-2-9-5-3-4-6-11(9)12(15)14-10-7-13-8-10/h3-6,10,13H,2,7-8H2,1H3,(H,14,15). The van der Waals surface area contributed by atoms with E-state index in [0.29, 0.717) is 6.04 Å². The Kier molecular flexibility index (Phi) is 3.02. The molecule has 1 fully saturated rings. The molecule has 0 unspecified atom stereocenters. The van der Waals surface area contributed by atoms with Crippen LogP contribution in [0.1, 0.15) is 22.8 Å². The van der Waals surface area contributed by atoms with Crippen LogP contribution in [0.2, 0.25) is 0 Å². The van der Waals surface area contributed by atoms with Crippen molar-refractivity contribution in [1.82, 2.24) is 10.6 Å². The zero-order valence-electron chi connectivity index (χ0n) is 8.92. The Morgan fingerprint density at radius 1 is 1.47 bits per heavy atom. The van der Waals surface area contributed by atoms with E-state index in [1.807, 2.05) is 24.3 Å². The summed E-state index contributed by atoms with van der Waals surface area (Å²) in [6.45, 7) is 3.84. The van der Waals surface area contributed by atoms with E-state index in [2.05, 4.69) is 17.6 Å². The first-order valence-corrected chi connectivity index (χ1v) is 5.40. The number of carbonyl (C=O) groups excluding carboxylic acids is 1. The number of nitrogens with one attached hydrogen (secondary N) is 2. The SMILES string of the molecule is CCc1ccccc1C(=O)NC1CNC1. The van der Waals surface area contributed by atoms with Gasteiger partial charge in [0.15, 0.2) is 0 Å². The summed E-state index contributed by atoms with van der Waals surface area (Å²) < 4.78 is 0. The van der Waals surface area contributed by atoms with E-state index in [1.165, 1.54) is 0 Å². The maximum absolute atomic E-state index is 11.9. The minimum atomic E-state index is 0.0546. The van der Waals surface area contributed by atoms with Crippen LogP contribution in [0.25, 0.3) is 0 Å². The molecule has 1 aliphatic heterocycles. The van der Waals surface area contributed by atoms with E-state index in [9.17, 15) is 4.79 Å². The van der Waals surface area contributed by atoms with Gasteiger partial charge in [-0.2, -0.15) is 0 Å². The lowest BCUT2D eigenvalue weighted by Crippen LogP contribution is -2.57. The molecule has 3 nitrogen and oxygen atoms in total. The van der Waals surface area contributed by atoms with E-state index in [0.717, 1.165) is 30.6 Å². The van der Waals surface area contributed by atoms with Crippen molar-refractivity contribution in [3.05, 3.63) is 35.4 Å². The fourth-order valence-corrected chi connectivity index (χ4v) is 1.70. The van der Waals surface area contributed by atoms with Crippen LogP contribution in [0.3, 0.4) is 0 Å². The van der Waals surface area contributed by atoms with Gasteiger partial charge in [0.25, 0.3) is 5.91 Å². The van der Waals surface area contributed by atoms with Gasteiger partial charge in [-0.15, -0.1) is 0 Å². The Labute approximate surface area is 89.9 Å². The third-order valence-corrected chi connectivity index (χ3v) is 2.76. The molecular weight excluding hydrogens is 188 g/mol. The summed E-state index contributed by atoms with van der Waals surface area (Å²) in [5.41, 5.74) is 1.93. The molecule has 80 valence electrons. The molecule has 1 aliphatic rings. The Morgan fingerprint density at radius 2 is 2.20 bits per heavy atom. The van der Waals surface area contributed by atoms with Crippen molar-refractivity contribution in [3.63, 3.8) is 0 Å². The first-order valence-electron chi connectivity index (χ1n) is 5.40. The number of hydrogen-bond acceptors (Lipinski definition) is 2. The molecule has 0 radical (unpaired) electrons. The molecule has 0 aliphatic carbocycles. The predicted molar refractivity (Wildman–Crippen MR) is 59.9 cm³/mol. The van der Waals surface area contributed by atoms with Crippen LogP contribution in [-0.2, 0) is 6.42 Å². The summed E-state index contributed by atoms with van der Waals surface area (Å²) in [5.74, 6) is 0.0546. The molecular formula is C12H16N2O. The summed E-state index contributed by atoms with van der Waals surface area (Å²) in [4.78, 5) is 11.9.